The summed E-state index contributed by atoms with van der Waals surface area (Å²) in [6.07, 6.45) is 1.20. The first kappa shape index (κ1) is 14.8. The summed E-state index contributed by atoms with van der Waals surface area (Å²) in [6, 6.07) is 6.08. The van der Waals surface area contributed by atoms with Crippen molar-refractivity contribution in [3.63, 3.8) is 0 Å². The highest BCUT2D eigenvalue weighted by atomic mass is 16.5. The quantitative estimate of drug-likeness (QED) is 0.720. The van der Waals surface area contributed by atoms with Crippen LogP contribution in [0.2, 0.25) is 0 Å². The van der Waals surface area contributed by atoms with Crippen LogP contribution in [-0.2, 0) is 6.54 Å². The van der Waals surface area contributed by atoms with E-state index < -0.39 is 0 Å². The minimum Gasteiger partial charge on any atom is -0.493 e. The van der Waals surface area contributed by atoms with E-state index in [1.165, 1.54) is 12.0 Å². The fourth-order valence-corrected chi connectivity index (χ4v) is 1.72. The fourth-order valence-electron chi connectivity index (χ4n) is 1.72. The van der Waals surface area contributed by atoms with Gasteiger partial charge in [-0.1, -0.05) is 19.9 Å². The van der Waals surface area contributed by atoms with Gasteiger partial charge in [-0.2, -0.15) is 0 Å². The van der Waals surface area contributed by atoms with Crippen LogP contribution < -0.4 is 14.8 Å². The molecule has 0 unspecified atom stereocenters. The molecule has 102 valence electrons. The molecule has 0 bridgehead atoms. The molecule has 0 aliphatic heterocycles. The third kappa shape index (κ3) is 4.96. The number of hydrogen-bond donors (Lipinski definition) is 1. The van der Waals surface area contributed by atoms with E-state index in [2.05, 4.69) is 25.2 Å². The summed E-state index contributed by atoms with van der Waals surface area (Å²) in [7, 11) is 1.67. The number of benzene rings is 1. The number of hydrogen-bond acceptors (Lipinski definition) is 3. The van der Waals surface area contributed by atoms with Crippen molar-refractivity contribution >= 4 is 0 Å². The van der Waals surface area contributed by atoms with Gasteiger partial charge >= 0.3 is 0 Å². The molecule has 1 N–H and O–H groups in total. The van der Waals surface area contributed by atoms with Crippen LogP contribution in [0.15, 0.2) is 18.2 Å². The Balaban J connectivity index is 2.53. The van der Waals surface area contributed by atoms with Crippen molar-refractivity contribution in [3.05, 3.63) is 23.8 Å². The first-order valence-corrected chi connectivity index (χ1v) is 6.67. The van der Waals surface area contributed by atoms with Gasteiger partial charge in [-0.3, -0.25) is 0 Å². The van der Waals surface area contributed by atoms with Gasteiger partial charge in [0, 0.05) is 6.54 Å². The molecule has 0 fully saturated rings. The number of rotatable bonds is 8. The minimum atomic E-state index is 0.653. The molecule has 0 heterocycles. The zero-order chi connectivity index (χ0) is 13.4. The Morgan fingerprint density at radius 1 is 1.22 bits per heavy atom. The van der Waals surface area contributed by atoms with E-state index in [-0.39, 0.29) is 0 Å². The van der Waals surface area contributed by atoms with Crippen molar-refractivity contribution in [1.29, 1.82) is 0 Å². The maximum Gasteiger partial charge on any atom is 0.161 e. The Bertz CT molecular complexity index is 350. The third-order valence-corrected chi connectivity index (χ3v) is 2.76. The lowest BCUT2D eigenvalue weighted by Gasteiger charge is -2.12. The average Bonchev–Trinajstić information content (AvgIpc) is 2.35. The summed E-state index contributed by atoms with van der Waals surface area (Å²) in [4.78, 5) is 0. The Hall–Kier alpha value is -1.22. The Morgan fingerprint density at radius 2 is 2.00 bits per heavy atom. The molecule has 1 aromatic carbocycles. The van der Waals surface area contributed by atoms with Crippen molar-refractivity contribution in [2.45, 2.75) is 33.7 Å². The van der Waals surface area contributed by atoms with Gasteiger partial charge in [0.2, 0.25) is 0 Å². The van der Waals surface area contributed by atoms with Gasteiger partial charge in [0.1, 0.15) is 0 Å². The van der Waals surface area contributed by atoms with E-state index in [1.54, 1.807) is 7.11 Å². The molecule has 1 rings (SSSR count). The predicted molar refractivity (Wildman–Crippen MR) is 75.3 cm³/mol. The van der Waals surface area contributed by atoms with Crippen molar-refractivity contribution < 1.29 is 9.47 Å². The zero-order valence-electron chi connectivity index (χ0n) is 12.0. The zero-order valence-corrected chi connectivity index (χ0v) is 12.0. The molecule has 3 nitrogen and oxygen atoms in total. The molecule has 0 radical (unpaired) electrons. The Labute approximate surface area is 110 Å². The molecule has 1 aromatic rings. The standard InChI is InChI=1S/C15H25NO2/c1-5-18-15-10-13(6-7-14(15)17-4)11-16-9-8-12(2)3/h6-7,10,12,16H,5,8-9,11H2,1-4H3. The summed E-state index contributed by atoms with van der Waals surface area (Å²) in [5.74, 6) is 2.36. The van der Waals surface area contributed by atoms with Crippen LogP contribution in [0, 0.1) is 5.92 Å². The van der Waals surface area contributed by atoms with E-state index in [9.17, 15) is 0 Å². The molecular formula is C15H25NO2. The lowest BCUT2D eigenvalue weighted by atomic mass is 10.1. The van der Waals surface area contributed by atoms with Crippen molar-refractivity contribution in [1.82, 2.24) is 5.32 Å². The molecule has 18 heavy (non-hydrogen) atoms. The fraction of sp³-hybridized carbons (Fsp3) is 0.600. The van der Waals surface area contributed by atoms with Gasteiger partial charge in [0.05, 0.1) is 13.7 Å². The second-order valence-corrected chi connectivity index (χ2v) is 4.78. The van der Waals surface area contributed by atoms with Gasteiger partial charge in [0.25, 0.3) is 0 Å². The highest BCUT2D eigenvalue weighted by Gasteiger charge is 2.05. The van der Waals surface area contributed by atoms with Crippen LogP contribution in [0.5, 0.6) is 11.5 Å². The summed E-state index contributed by atoms with van der Waals surface area (Å²) in [5.41, 5.74) is 1.23. The summed E-state index contributed by atoms with van der Waals surface area (Å²) in [5, 5.41) is 3.44. The molecular weight excluding hydrogens is 226 g/mol. The van der Waals surface area contributed by atoms with Crippen LogP contribution in [0.3, 0.4) is 0 Å². The van der Waals surface area contributed by atoms with Gasteiger partial charge in [-0.15, -0.1) is 0 Å². The second-order valence-electron chi connectivity index (χ2n) is 4.78. The molecule has 0 aliphatic carbocycles. The van der Waals surface area contributed by atoms with E-state index in [0.29, 0.717) is 6.61 Å². The molecule has 0 aliphatic rings. The maximum absolute atomic E-state index is 5.56. The predicted octanol–water partition coefficient (Wildman–Crippen LogP) is 3.23. The monoisotopic (exact) mass is 251 g/mol. The molecule has 0 spiro atoms. The van der Waals surface area contributed by atoms with E-state index in [4.69, 9.17) is 9.47 Å². The Kier molecular flexibility index (Phi) is 6.58. The largest absolute Gasteiger partial charge is 0.493 e. The van der Waals surface area contributed by atoms with Crippen molar-refractivity contribution in [3.8, 4) is 11.5 Å². The molecule has 0 aromatic heterocycles. The van der Waals surface area contributed by atoms with Gasteiger partial charge in [-0.05, 0) is 43.5 Å². The number of ether oxygens (including phenoxy) is 2. The van der Waals surface area contributed by atoms with Crippen LogP contribution in [0.4, 0.5) is 0 Å². The van der Waals surface area contributed by atoms with Crippen LogP contribution in [0.1, 0.15) is 32.8 Å². The van der Waals surface area contributed by atoms with E-state index in [0.717, 1.165) is 30.5 Å². The average molecular weight is 251 g/mol. The van der Waals surface area contributed by atoms with Gasteiger partial charge in [0.15, 0.2) is 11.5 Å². The van der Waals surface area contributed by atoms with Crippen LogP contribution in [0.25, 0.3) is 0 Å². The second kappa shape index (κ2) is 7.98. The minimum absolute atomic E-state index is 0.653. The SMILES string of the molecule is CCOc1cc(CNCCC(C)C)ccc1OC. The normalized spacial score (nSPS) is 10.7. The summed E-state index contributed by atoms with van der Waals surface area (Å²) >= 11 is 0. The molecule has 0 saturated carbocycles. The van der Waals surface area contributed by atoms with Crippen molar-refractivity contribution in [2.24, 2.45) is 5.92 Å². The molecule has 3 heteroatoms. The highest BCUT2D eigenvalue weighted by Crippen LogP contribution is 2.27. The summed E-state index contributed by atoms with van der Waals surface area (Å²) < 4.78 is 10.8. The van der Waals surface area contributed by atoms with E-state index in [1.807, 2.05) is 19.1 Å². The third-order valence-electron chi connectivity index (χ3n) is 2.76. The molecule has 0 atom stereocenters. The van der Waals surface area contributed by atoms with Crippen LogP contribution in [-0.4, -0.2) is 20.3 Å². The first-order chi connectivity index (χ1) is 8.67. The lowest BCUT2D eigenvalue weighted by molar-refractivity contribution is 0.310. The smallest absolute Gasteiger partial charge is 0.161 e. The Morgan fingerprint density at radius 3 is 2.61 bits per heavy atom. The van der Waals surface area contributed by atoms with Gasteiger partial charge in [-0.25, -0.2) is 0 Å². The first-order valence-electron chi connectivity index (χ1n) is 6.67. The van der Waals surface area contributed by atoms with Gasteiger partial charge < -0.3 is 14.8 Å². The lowest BCUT2D eigenvalue weighted by Crippen LogP contribution is -2.16. The molecule has 0 saturated heterocycles. The maximum atomic E-state index is 5.56. The summed E-state index contributed by atoms with van der Waals surface area (Å²) in [6.45, 7) is 9.03. The topological polar surface area (TPSA) is 30.5 Å². The number of methoxy groups -OCH3 is 1. The van der Waals surface area contributed by atoms with Crippen LogP contribution >= 0.6 is 0 Å². The highest BCUT2D eigenvalue weighted by molar-refractivity contribution is 5.42. The van der Waals surface area contributed by atoms with E-state index >= 15 is 0 Å². The number of nitrogens with one attached hydrogen (secondary N) is 1. The van der Waals surface area contributed by atoms with Crippen molar-refractivity contribution in [2.75, 3.05) is 20.3 Å². The molecule has 0 amide bonds.